The van der Waals surface area contributed by atoms with Gasteiger partial charge in [-0.3, -0.25) is 19.2 Å². The van der Waals surface area contributed by atoms with Crippen molar-refractivity contribution >= 4 is 64.2 Å². The molecule has 2 amide bonds. The summed E-state index contributed by atoms with van der Waals surface area (Å²) in [6.07, 6.45) is -4.86. The predicted octanol–water partition coefficient (Wildman–Crippen LogP) is 2.40. The number of rotatable bonds is 6. The Morgan fingerprint density at radius 1 is 1.35 bits per heavy atom. The van der Waals surface area contributed by atoms with Crippen molar-refractivity contribution in [2.45, 2.75) is 28.9 Å². The van der Waals surface area contributed by atoms with Crippen LogP contribution < -0.4 is 5.32 Å². The first-order chi connectivity index (χ1) is 15.9. The molecule has 2 unspecified atom stereocenters. The fourth-order valence-electron chi connectivity index (χ4n) is 3.42. The lowest BCUT2D eigenvalue weighted by molar-refractivity contribution is -0.148. The number of halogens is 4. The van der Waals surface area contributed by atoms with Crippen LogP contribution in [0.3, 0.4) is 0 Å². The normalized spacial score (nSPS) is 20.3. The number of thioether (sulfide) groups is 2. The molecule has 10 nitrogen and oxygen atoms in total. The minimum atomic E-state index is -4.86. The molecular formula is C17H14ClF3N6O4S3. The average molecular weight is 555 g/mol. The number of carboxylic acids is 1. The van der Waals surface area contributed by atoms with Crippen molar-refractivity contribution in [3.05, 3.63) is 32.7 Å². The molecule has 2 aromatic rings. The highest BCUT2D eigenvalue weighted by atomic mass is 35.5. The van der Waals surface area contributed by atoms with Crippen LogP contribution in [0.5, 0.6) is 0 Å². The number of fused-ring (bicyclic) bond motifs is 1. The molecule has 0 spiro atoms. The standard InChI is InChI=1S/C17H14ClF3N6O4S3/c1-5-23-24-16(34-5)33-4-6-3-32-14-8(13(29)27(14)9(6)15(30)31)22-12(28)10-7(18)11(17(19,20)21)25-26(10)2/h8,14H,3-4H2,1-2H3,(H,22,28)(H,30,31). The molecule has 4 rings (SSSR count). The topological polar surface area (TPSA) is 130 Å². The molecule has 2 aliphatic rings. The molecule has 0 radical (unpaired) electrons. The second kappa shape index (κ2) is 9.05. The van der Waals surface area contributed by atoms with Gasteiger partial charge in [-0.05, 0) is 12.5 Å². The number of carbonyl (C=O) groups is 3. The summed E-state index contributed by atoms with van der Waals surface area (Å²) >= 11 is 9.63. The molecule has 0 aliphatic carbocycles. The number of hydrogen-bond donors (Lipinski definition) is 2. The van der Waals surface area contributed by atoms with E-state index < -0.39 is 51.8 Å². The van der Waals surface area contributed by atoms with Gasteiger partial charge in [-0.2, -0.15) is 18.3 Å². The molecule has 4 heterocycles. The number of nitrogens with one attached hydrogen (secondary N) is 1. The zero-order valence-corrected chi connectivity index (χ0v) is 20.4. The van der Waals surface area contributed by atoms with Gasteiger partial charge >= 0.3 is 12.1 Å². The van der Waals surface area contributed by atoms with E-state index in [1.54, 1.807) is 6.92 Å². The summed E-state index contributed by atoms with van der Waals surface area (Å²) in [7, 11) is 1.12. The third-order valence-corrected chi connectivity index (χ3v) is 8.64. The number of aromatic nitrogens is 4. The Bertz CT molecular complexity index is 1230. The molecule has 1 fully saturated rings. The van der Waals surface area contributed by atoms with Crippen molar-refractivity contribution in [3.63, 3.8) is 0 Å². The molecule has 0 bridgehead atoms. The van der Waals surface area contributed by atoms with Crippen molar-refractivity contribution < 1.29 is 32.7 Å². The SMILES string of the molecule is Cc1nnc(SCC2=C(C(=O)O)N3C(=O)C(NC(=O)c4c(Cl)c(C(F)(F)F)nn4C)C3SC2)s1. The molecule has 1 saturated heterocycles. The molecule has 2 aliphatic heterocycles. The molecule has 2 N–H and O–H groups in total. The Morgan fingerprint density at radius 3 is 2.62 bits per heavy atom. The number of alkyl halides is 3. The summed E-state index contributed by atoms with van der Waals surface area (Å²) in [4.78, 5) is 38.4. The molecule has 2 aromatic heterocycles. The van der Waals surface area contributed by atoms with E-state index in [0.29, 0.717) is 14.6 Å². The van der Waals surface area contributed by atoms with Gasteiger partial charge in [-0.15, -0.1) is 22.0 Å². The number of carbonyl (C=O) groups excluding carboxylic acids is 2. The molecule has 182 valence electrons. The van der Waals surface area contributed by atoms with Gasteiger partial charge < -0.3 is 10.4 Å². The number of aliphatic carboxylic acids is 1. The van der Waals surface area contributed by atoms with Gasteiger partial charge in [0.2, 0.25) is 0 Å². The molecule has 17 heteroatoms. The summed E-state index contributed by atoms with van der Waals surface area (Å²) in [5.74, 6) is -2.45. The smallest absolute Gasteiger partial charge is 0.436 e. The van der Waals surface area contributed by atoms with Crippen LogP contribution in [-0.2, 0) is 22.8 Å². The Labute approximate surface area is 206 Å². The van der Waals surface area contributed by atoms with Crippen molar-refractivity contribution in [3.8, 4) is 0 Å². The number of aryl methyl sites for hydroxylation is 2. The lowest BCUT2D eigenvalue weighted by Gasteiger charge is -2.49. The number of β-lactam (4-membered cyclic amide) rings is 1. The summed E-state index contributed by atoms with van der Waals surface area (Å²) in [5, 5.41) is 22.4. The van der Waals surface area contributed by atoms with Gasteiger partial charge in [0.15, 0.2) is 10.0 Å². The van der Waals surface area contributed by atoms with Crippen LogP contribution >= 0.6 is 46.5 Å². The maximum absolute atomic E-state index is 13.0. The van der Waals surface area contributed by atoms with E-state index in [9.17, 15) is 32.7 Å². The van der Waals surface area contributed by atoms with Crippen LogP contribution in [0.4, 0.5) is 13.2 Å². The van der Waals surface area contributed by atoms with Crippen LogP contribution in [-0.4, -0.2) is 70.7 Å². The van der Waals surface area contributed by atoms with Gasteiger partial charge in [0, 0.05) is 18.6 Å². The summed E-state index contributed by atoms with van der Waals surface area (Å²) in [5.41, 5.74) is -1.64. The quantitative estimate of drug-likeness (QED) is 0.408. The minimum absolute atomic E-state index is 0.175. The Kier molecular flexibility index (Phi) is 6.61. The van der Waals surface area contributed by atoms with Crippen molar-refractivity contribution in [2.24, 2.45) is 7.05 Å². The van der Waals surface area contributed by atoms with Crippen LogP contribution in [0, 0.1) is 6.92 Å². The summed E-state index contributed by atoms with van der Waals surface area (Å²) < 4.78 is 40.4. The van der Waals surface area contributed by atoms with E-state index in [0.717, 1.165) is 17.0 Å². The fraction of sp³-hybridized carbons (Fsp3) is 0.412. The fourth-order valence-corrected chi connectivity index (χ4v) is 7.07. The molecular weight excluding hydrogens is 541 g/mol. The van der Waals surface area contributed by atoms with Gasteiger partial charge in [0.25, 0.3) is 11.8 Å². The van der Waals surface area contributed by atoms with Gasteiger partial charge in [-0.1, -0.05) is 34.7 Å². The van der Waals surface area contributed by atoms with Crippen LogP contribution in [0.15, 0.2) is 15.6 Å². The van der Waals surface area contributed by atoms with E-state index in [-0.39, 0.29) is 17.2 Å². The Balaban J connectivity index is 1.51. The van der Waals surface area contributed by atoms with Gasteiger partial charge in [-0.25, -0.2) is 4.79 Å². The second-order valence-corrected chi connectivity index (χ2v) is 11.0. The van der Waals surface area contributed by atoms with E-state index in [1.165, 1.54) is 34.9 Å². The lowest BCUT2D eigenvalue weighted by Crippen LogP contribution is -2.70. The van der Waals surface area contributed by atoms with E-state index in [1.807, 2.05) is 0 Å². The molecule has 0 saturated carbocycles. The van der Waals surface area contributed by atoms with E-state index in [2.05, 4.69) is 20.6 Å². The monoisotopic (exact) mass is 554 g/mol. The minimum Gasteiger partial charge on any atom is -0.477 e. The summed E-state index contributed by atoms with van der Waals surface area (Å²) in [6.45, 7) is 1.79. The van der Waals surface area contributed by atoms with Crippen LogP contribution in [0.25, 0.3) is 0 Å². The second-order valence-electron chi connectivity index (χ2n) is 7.13. The number of amides is 2. The highest BCUT2D eigenvalue weighted by Crippen LogP contribution is 2.42. The summed E-state index contributed by atoms with van der Waals surface area (Å²) in [6, 6.07) is -1.13. The van der Waals surface area contributed by atoms with Crippen LogP contribution in [0.1, 0.15) is 21.2 Å². The van der Waals surface area contributed by atoms with Crippen molar-refractivity contribution in [1.82, 2.24) is 30.2 Å². The van der Waals surface area contributed by atoms with E-state index in [4.69, 9.17) is 11.6 Å². The third kappa shape index (κ3) is 4.38. The predicted molar refractivity (Wildman–Crippen MR) is 118 cm³/mol. The highest BCUT2D eigenvalue weighted by molar-refractivity contribution is 8.01. The molecule has 2 atom stereocenters. The largest absolute Gasteiger partial charge is 0.477 e. The first-order valence-corrected chi connectivity index (χ1v) is 12.6. The molecule has 0 aromatic carbocycles. The Morgan fingerprint density at radius 2 is 2.06 bits per heavy atom. The maximum atomic E-state index is 13.0. The zero-order chi connectivity index (χ0) is 24.9. The first kappa shape index (κ1) is 24.8. The highest BCUT2D eigenvalue weighted by Gasteiger charge is 2.54. The lowest BCUT2D eigenvalue weighted by atomic mass is 10.0. The third-order valence-electron chi connectivity index (χ3n) is 4.89. The number of nitrogens with zero attached hydrogens (tertiary/aromatic N) is 5. The van der Waals surface area contributed by atoms with Crippen LogP contribution in [0.2, 0.25) is 5.02 Å². The Hall–Kier alpha value is -2.30. The van der Waals surface area contributed by atoms with E-state index >= 15 is 0 Å². The van der Waals surface area contributed by atoms with Crippen molar-refractivity contribution in [1.29, 1.82) is 0 Å². The molecule has 34 heavy (non-hydrogen) atoms. The maximum Gasteiger partial charge on any atom is 0.436 e. The first-order valence-electron chi connectivity index (χ1n) is 9.33. The van der Waals surface area contributed by atoms with Gasteiger partial charge in [0.1, 0.15) is 32.8 Å². The number of carboxylic acid groups (broad SMARTS) is 1. The number of hydrogen-bond acceptors (Lipinski definition) is 9. The average Bonchev–Trinajstić information content (AvgIpc) is 3.31. The zero-order valence-electron chi connectivity index (χ0n) is 17.2. The van der Waals surface area contributed by atoms with Gasteiger partial charge in [0.05, 0.1) is 0 Å². The van der Waals surface area contributed by atoms with Crippen molar-refractivity contribution in [2.75, 3.05) is 11.5 Å².